The summed E-state index contributed by atoms with van der Waals surface area (Å²) in [5.41, 5.74) is -0.587. The molecule has 0 saturated carbocycles. The first kappa shape index (κ1) is 18.3. The van der Waals surface area contributed by atoms with Gasteiger partial charge in [-0.25, -0.2) is 4.79 Å². The zero-order chi connectivity index (χ0) is 16.9. The van der Waals surface area contributed by atoms with Gasteiger partial charge >= 0.3 is 6.09 Å². The summed E-state index contributed by atoms with van der Waals surface area (Å²) >= 11 is 0. The minimum atomic E-state index is -0.602. The van der Waals surface area contributed by atoms with E-state index in [4.69, 9.17) is 4.74 Å². The van der Waals surface area contributed by atoms with Gasteiger partial charge in [0.1, 0.15) is 12.1 Å². The monoisotopic (exact) mass is 313 g/mol. The first-order valence-electron chi connectivity index (χ1n) is 7.63. The number of nitrogens with zero attached hydrogens (tertiary/aromatic N) is 2. The Kier molecular flexibility index (Phi) is 6.20. The van der Waals surface area contributed by atoms with Crippen LogP contribution in [-0.4, -0.2) is 66.0 Å². The molecule has 0 radical (unpaired) electrons. The fourth-order valence-corrected chi connectivity index (χ4v) is 2.12. The highest BCUT2D eigenvalue weighted by atomic mass is 16.6. The predicted molar refractivity (Wildman–Crippen MR) is 82.2 cm³/mol. The van der Waals surface area contributed by atoms with Gasteiger partial charge in [0.15, 0.2) is 0 Å². The number of nitrogens with one attached hydrogen (secondary N) is 1. The van der Waals surface area contributed by atoms with E-state index in [1.165, 1.54) is 0 Å². The van der Waals surface area contributed by atoms with E-state index in [2.05, 4.69) is 5.32 Å². The van der Waals surface area contributed by atoms with Crippen molar-refractivity contribution in [2.75, 3.05) is 32.7 Å². The molecule has 7 heteroatoms. The topological polar surface area (TPSA) is 79.0 Å². The Hall–Kier alpha value is -1.79. The van der Waals surface area contributed by atoms with Crippen molar-refractivity contribution in [1.29, 1.82) is 0 Å². The van der Waals surface area contributed by atoms with Crippen molar-refractivity contribution in [2.45, 2.75) is 40.2 Å². The zero-order valence-corrected chi connectivity index (χ0v) is 14.1. The third-order valence-electron chi connectivity index (χ3n) is 3.22. The average Bonchev–Trinajstić information content (AvgIpc) is 2.42. The second-order valence-corrected chi connectivity index (χ2v) is 6.72. The first-order chi connectivity index (χ1) is 10.1. The molecular weight excluding hydrogens is 286 g/mol. The van der Waals surface area contributed by atoms with Gasteiger partial charge in [0.05, 0.1) is 0 Å². The second-order valence-electron chi connectivity index (χ2n) is 6.72. The van der Waals surface area contributed by atoms with E-state index in [9.17, 15) is 14.4 Å². The van der Waals surface area contributed by atoms with Crippen molar-refractivity contribution in [3.05, 3.63) is 0 Å². The smallest absolute Gasteiger partial charge is 0.408 e. The molecule has 0 aromatic carbocycles. The molecule has 0 aromatic rings. The molecule has 1 N–H and O–H groups in total. The highest BCUT2D eigenvalue weighted by molar-refractivity contribution is 5.83. The Morgan fingerprint density at radius 2 is 1.55 bits per heavy atom. The lowest BCUT2D eigenvalue weighted by molar-refractivity contribution is -0.141. The molecule has 0 unspecified atom stereocenters. The van der Waals surface area contributed by atoms with Crippen molar-refractivity contribution < 1.29 is 19.1 Å². The Labute approximate surface area is 132 Å². The van der Waals surface area contributed by atoms with Crippen LogP contribution in [-0.2, 0) is 14.3 Å². The van der Waals surface area contributed by atoms with Gasteiger partial charge in [0.2, 0.25) is 11.8 Å². The summed E-state index contributed by atoms with van der Waals surface area (Å²) in [6.45, 7) is 11.0. The lowest BCUT2D eigenvalue weighted by Gasteiger charge is -2.35. The SMILES string of the molecule is CC(C)C(=O)N1CCN(C(=O)CNC(=O)OC(C)(C)C)CC1. The fraction of sp³-hybridized carbons (Fsp3) is 0.800. The van der Waals surface area contributed by atoms with E-state index in [0.717, 1.165) is 0 Å². The van der Waals surface area contributed by atoms with Gasteiger partial charge < -0.3 is 19.9 Å². The number of ether oxygens (including phenoxy) is 1. The molecule has 7 nitrogen and oxygen atoms in total. The first-order valence-corrected chi connectivity index (χ1v) is 7.63. The Morgan fingerprint density at radius 1 is 1.05 bits per heavy atom. The maximum absolute atomic E-state index is 12.0. The molecule has 1 fully saturated rings. The minimum absolute atomic E-state index is 0.0314. The Bertz CT molecular complexity index is 421. The number of hydrogen-bond acceptors (Lipinski definition) is 4. The van der Waals surface area contributed by atoms with Crippen LogP contribution >= 0.6 is 0 Å². The van der Waals surface area contributed by atoms with E-state index >= 15 is 0 Å². The highest BCUT2D eigenvalue weighted by Gasteiger charge is 2.25. The Morgan fingerprint density at radius 3 is 2.00 bits per heavy atom. The van der Waals surface area contributed by atoms with Crippen molar-refractivity contribution in [3.63, 3.8) is 0 Å². The van der Waals surface area contributed by atoms with E-state index in [-0.39, 0.29) is 24.3 Å². The van der Waals surface area contributed by atoms with E-state index < -0.39 is 11.7 Å². The number of amides is 3. The van der Waals surface area contributed by atoms with Crippen LogP contribution in [0.5, 0.6) is 0 Å². The molecule has 1 rings (SSSR count). The van der Waals surface area contributed by atoms with Gasteiger partial charge in [-0.15, -0.1) is 0 Å². The lowest BCUT2D eigenvalue weighted by atomic mass is 10.1. The summed E-state index contributed by atoms with van der Waals surface area (Å²) in [5.74, 6) is -0.0856. The molecule has 0 spiro atoms. The van der Waals surface area contributed by atoms with Crippen molar-refractivity contribution in [1.82, 2.24) is 15.1 Å². The maximum Gasteiger partial charge on any atom is 0.408 e. The summed E-state index contributed by atoms with van der Waals surface area (Å²) in [4.78, 5) is 38.8. The summed E-state index contributed by atoms with van der Waals surface area (Å²) in [7, 11) is 0. The molecule has 1 saturated heterocycles. The number of alkyl carbamates (subject to hydrolysis) is 1. The van der Waals surface area contributed by atoms with Crippen LogP contribution in [0.25, 0.3) is 0 Å². The van der Waals surface area contributed by atoms with Crippen LogP contribution < -0.4 is 5.32 Å². The molecule has 3 amide bonds. The number of piperazine rings is 1. The molecule has 22 heavy (non-hydrogen) atoms. The van der Waals surface area contributed by atoms with Crippen LogP contribution in [0, 0.1) is 5.92 Å². The van der Waals surface area contributed by atoms with Crippen LogP contribution in [0.2, 0.25) is 0 Å². The van der Waals surface area contributed by atoms with Crippen molar-refractivity contribution >= 4 is 17.9 Å². The minimum Gasteiger partial charge on any atom is -0.444 e. The zero-order valence-electron chi connectivity index (χ0n) is 14.1. The fourth-order valence-electron chi connectivity index (χ4n) is 2.12. The molecular formula is C15H27N3O4. The van der Waals surface area contributed by atoms with E-state index in [1.807, 2.05) is 13.8 Å². The summed E-state index contributed by atoms with van der Waals surface area (Å²) in [5, 5.41) is 2.46. The standard InChI is InChI=1S/C15H27N3O4/c1-11(2)13(20)18-8-6-17(7-9-18)12(19)10-16-14(21)22-15(3,4)5/h11H,6-10H2,1-5H3,(H,16,21). The Balaban J connectivity index is 2.34. The van der Waals surface area contributed by atoms with Gasteiger partial charge in [-0.2, -0.15) is 0 Å². The maximum atomic E-state index is 12.0. The van der Waals surface area contributed by atoms with Crippen molar-refractivity contribution in [2.24, 2.45) is 5.92 Å². The number of carbonyl (C=O) groups excluding carboxylic acids is 3. The molecule has 126 valence electrons. The van der Waals surface area contributed by atoms with Crippen LogP contribution in [0.3, 0.4) is 0 Å². The summed E-state index contributed by atoms with van der Waals surface area (Å²) < 4.78 is 5.08. The largest absolute Gasteiger partial charge is 0.444 e. The highest BCUT2D eigenvalue weighted by Crippen LogP contribution is 2.08. The molecule has 0 atom stereocenters. The number of hydrogen-bond donors (Lipinski definition) is 1. The van der Waals surface area contributed by atoms with Gasteiger partial charge in [-0.3, -0.25) is 9.59 Å². The third kappa shape index (κ3) is 5.91. The molecule has 0 aliphatic carbocycles. The van der Waals surface area contributed by atoms with Gasteiger partial charge in [-0.05, 0) is 20.8 Å². The predicted octanol–water partition coefficient (Wildman–Crippen LogP) is 0.838. The molecule has 1 aliphatic rings. The quantitative estimate of drug-likeness (QED) is 0.837. The van der Waals surface area contributed by atoms with E-state index in [1.54, 1.807) is 30.6 Å². The van der Waals surface area contributed by atoms with Gasteiger partial charge in [0.25, 0.3) is 0 Å². The van der Waals surface area contributed by atoms with Gasteiger partial charge in [0, 0.05) is 32.1 Å². The second kappa shape index (κ2) is 7.47. The molecule has 0 bridgehead atoms. The average molecular weight is 313 g/mol. The summed E-state index contributed by atoms with van der Waals surface area (Å²) in [6.07, 6.45) is -0.602. The molecule has 1 heterocycles. The van der Waals surface area contributed by atoms with Crippen LogP contribution in [0.15, 0.2) is 0 Å². The normalized spacial score (nSPS) is 15.7. The third-order valence-corrected chi connectivity index (χ3v) is 3.22. The van der Waals surface area contributed by atoms with Gasteiger partial charge in [-0.1, -0.05) is 13.8 Å². The molecule has 1 aliphatic heterocycles. The van der Waals surface area contributed by atoms with E-state index in [0.29, 0.717) is 26.2 Å². The number of rotatable bonds is 3. The lowest BCUT2D eigenvalue weighted by Crippen LogP contribution is -2.53. The molecule has 0 aromatic heterocycles. The van der Waals surface area contributed by atoms with Crippen LogP contribution in [0.1, 0.15) is 34.6 Å². The van der Waals surface area contributed by atoms with Crippen LogP contribution in [0.4, 0.5) is 4.79 Å². The number of carbonyl (C=O) groups is 3. The van der Waals surface area contributed by atoms with Crippen molar-refractivity contribution in [3.8, 4) is 0 Å². The summed E-state index contributed by atoms with van der Waals surface area (Å²) in [6, 6.07) is 0.